The molecule has 98 heavy (non-hydrogen) atoms. The van der Waals surface area contributed by atoms with Crippen LogP contribution in [0.2, 0.25) is 0 Å². The van der Waals surface area contributed by atoms with Gasteiger partial charge in [0.15, 0.2) is 12.2 Å². The van der Waals surface area contributed by atoms with Crippen LogP contribution in [-0.4, -0.2) is 96.7 Å². The molecule has 0 bridgehead atoms. The molecule has 0 saturated carbocycles. The van der Waals surface area contributed by atoms with Gasteiger partial charge in [0.2, 0.25) is 0 Å². The second-order valence-electron chi connectivity index (χ2n) is 29.2. The molecule has 0 amide bonds. The summed E-state index contributed by atoms with van der Waals surface area (Å²) in [6, 6.07) is 0. The second kappa shape index (κ2) is 70.7. The SMILES string of the molecule is CCCCCCCCCCCC(=O)OC[C@H](COP(=O)(O)OC[C@H](O)COP(=O)(O)OC[C@@H](COC(=O)CCCCCCCCCCCCCCCCCC(C)C)OC(=O)CCCCCCCCCCCCCCCCCCCCC(C)CC)OC(=O)CCCCCCCCCCC. The summed E-state index contributed by atoms with van der Waals surface area (Å²) in [5.74, 6) is -0.437. The number of phosphoric ester groups is 2. The third-order valence-electron chi connectivity index (χ3n) is 18.8. The summed E-state index contributed by atoms with van der Waals surface area (Å²) in [4.78, 5) is 72.8. The number of phosphoric acid groups is 2. The fourth-order valence-electron chi connectivity index (χ4n) is 12.2. The minimum atomic E-state index is -4.96. The topological polar surface area (TPSA) is 237 Å². The maximum atomic E-state index is 13.1. The maximum absolute atomic E-state index is 13.1. The van der Waals surface area contributed by atoms with Crippen molar-refractivity contribution in [3.63, 3.8) is 0 Å². The van der Waals surface area contributed by atoms with Gasteiger partial charge in [-0.25, -0.2) is 9.13 Å². The molecule has 0 aliphatic heterocycles. The largest absolute Gasteiger partial charge is 0.472 e. The van der Waals surface area contributed by atoms with Gasteiger partial charge >= 0.3 is 39.5 Å². The van der Waals surface area contributed by atoms with Gasteiger partial charge in [0, 0.05) is 25.7 Å². The Kier molecular flexibility index (Phi) is 69.3. The van der Waals surface area contributed by atoms with Crippen LogP contribution in [0.4, 0.5) is 0 Å². The Balaban J connectivity index is 5.16. The Morgan fingerprint density at radius 2 is 0.520 bits per heavy atom. The van der Waals surface area contributed by atoms with E-state index in [1.165, 1.54) is 231 Å². The molecule has 0 radical (unpaired) electrons. The van der Waals surface area contributed by atoms with Crippen molar-refractivity contribution in [2.24, 2.45) is 11.8 Å². The Hall–Kier alpha value is -1.94. The molecule has 0 fully saturated rings. The first-order valence-corrected chi connectivity index (χ1v) is 44.0. The molecule has 0 rings (SSSR count). The minimum Gasteiger partial charge on any atom is -0.462 e. The average molecular weight is 1440 g/mol. The lowest BCUT2D eigenvalue weighted by Crippen LogP contribution is -2.30. The van der Waals surface area contributed by atoms with Crippen LogP contribution in [0.25, 0.3) is 0 Å². The number of hydrogen-bond donors (Lipinski definition) is 3. The van der Waals surface area contributed by atoms with E-state index in [1.54, 1.807) is 0 Å². The zero-order chi connectivity index (χ0) is 72.1. The lowest BCUT2D eigenvalue weighted by Gasteiger charge is -2.21. The molecule has 0 spiro atoms. The van der Waals surface area contributed by atoms with Crippen molar-refractivity contribution in [1.82, 2.24) is 0 Å². The van der Waals surface area contributed by atoms with Crippen LogP contribution in [0.15, 0.2) is 0 Å². The quantitative estimate of drug-likeness (QED) is 0.0222. The molecule has 582 valence electrons. The molecule has 3 N–H and O–H groups in total. The number of carbonyl (C=O) groups is 4. The Labute approximate surface area is 600 Å². The molecule has 0 heterocycles. The summed E-state index contributed by atoms with van der Waals surface area (Å²) in [5, 5.41) is 10.6. The highest BCUT2D eigenvalue weighted by atomic mass is 31.2. The van der Waals surface area contributed by atoms with Crippen LogP contribution in [-0.2, 0) is 65.4 Å². The van der Waals surface area contributed by atoms with Gasteiger partial charge in [-0.15, -0.1) is 0 Å². The molecule has 0 saturated heterocycles. The van der Waals surface area contributed by atoms with E-state index < -0.39 is 97.5 Å². The summed E-state index contributed by atoms with van der Waals surface area (Å²) in [7, 11) is -9.91. The monoisotopic (exact) mass is 1440 g/mol. The van der Waals surface area contributed by atoms with Crippen LogP contribution in [0.5, 0.6) is 0 Å². The molecule has 19 heteroatoms. The predicted octanol–water partition coefficient (Wildman–Crippen LogP) is 23.5. The predicted molar refractivity (Wildman–Crippen MR) is 400 cm³/mol. The van der Waals surface area contributed by atoms with E-state index in [2.05, 4.69) is 41.5 Å². The molecule has 17 nitrogen and oxygen atoms in total. The first kappa shape index (κ1) is 96.1. The van der Waals surface area contributed by atoms with Crippen molar-refractivity contribution in [3.05, 3.63) is 0 Å². The van der Waals surface area contributed by atoms with Crippen LogP contribution in [0.3, 0.4) is 0 Å². The number of unbranched alkanes of at least 4 members (excludes halogenated alkanes) is 47. The summed E-state index contributed by atoms with van der Waals surface area (Å²) < 4.78 is 68.5. The highest BCUT2D eigenvalue weighted by Gasteiger charge is 2.30. The summed E-state index contributed by atoms with van der Waals surface area (Å²) in [6.07, 6.45) is 59.8. The van der Waals surface area contributed by atoms with Crippen molar-refractivity contribution < 1.29 is 80.2 Å². The van der Waals surface area contributed by atoms with Gasteiger partial charge in [-0.05, 0) is 37.5 Å². The van der Waals surface area contributed by atoms with E-state index in [-0.39, 0.29) is 25.7 Å². The molecule has 3 unspecified atom stereocenters. The fraction of sp³-hybridized carbons (Fsp3) is 0.949. The van der Waals surface area contributed by atoms with Gasteiger partial charge < -0.3 is 33.8 Å². The number of esters is 4. The number of hydrogen-bond acceptors (Lipinski definition) is 15. The average Bonchev–Trinajstić information content (AvgIpc) is 1.00. The zero-order valence-electron chi connectivity index (χ0n) is 64.1. The highest BCUT2D eigenvalue weighted by molar-refractivity contribution is 7.47. The third-order valence-corrected chi connectivity index (χ3v) is 20.7. The zero-order valence-corrected chi connectivity index (χ0v) is 65.9. The number of ether oxygens (including phenoxy) is 4. The van der Waals surface area contributed by atoms with Crippen molar-refractivity contribution in [2.45, 2.75) is 432 Å². The first-order valence-electron chi connectivity index (χ1n) is 41.0. The second-order valence-corrected chi connectivity index (χ2v) is 32.1. The molecule has 0 aliphatic carbocycles. The lowest BCUT2D eigenvalue weighted by molar-refractivity contribution is -0.161. The lowest BCUT2D eigenvalue weighted by atomic mass is 9.99. The molecule has 0 aromatic carbocycles. The van der Waals surface area contributed by atoms with Gasteiger partial charge in [-0.3, -0.25) is 37.3 Å². The fourth-order valence-corrected chi connectivity index (χ4v) is 13.7. The molecular weight excluding hydrogens is 1280 g/mol. The van der Waals surface area contributed by atoms with Gasteiger partial charge in [0.05, 0.1) is 26.4 Å². The van der Waals surface area contributed by atoms with E-state index in [0.717, 1.165) is 102 Å². The summed E-state index contributed by atoms with van der Waals surface area (Å²) >= 11 is 0. The molecule has 6 atom stereocenters. The van der Waals surface area contributed by atoms with E-state index in [4.69, 9.17) is 37.0 Å². The van der Waals surface area contributed by atoms with Crippen LogP contribution >= 0.6 is 15.6 Å². The van der Waals surface area contributed by atoms with Crippen LogP contribution < -0.4 is 0 Å². The normalized spacial score (nSPS) is 14.2. The molecule has 0 aromatic heterocycles. The smallest absolute Gasteiger partial charge is 0.462 e. The van der Waals surface area contributed by atoms with Gasteiger partial charge in [0.1, 0.15) is 19.3 Å². The van der Waals surface area contributed by atoms with Gasteiger partial charge in [-0.2, -0.15) is 0 Å². The maximum Gasteiger partial charge on any atom is 0.472 e. The van der Waals surface area contributed by atoms with Crippen LogP contribution in [0.1, 0.15) is 414 Å². The Morgan fingerprint density at radius 1 is 0.296 bits per heavy atom. The number of carbonyl (C=O) groups excluding carboxylic acids is 4. The van der Waals surface area contributed by atoms with Gasteiger partial charge in [0.25, 0.3) is 0 Å². The van der Waals surface area contributed by atoms with Crippen molar-refractivity contribution in [2.75, 3.05) is 39.6 Å². The van der Waals surface area contributed by atoms with E-state index in [1.807, 2.05) is 0 Å². The van der Waals surface area contributed by atoms with E-state index in [0.29, 0.717) is 25.7 Å². The number of aliphatic hydroxyl groups excluding tert-OH is 1. The summed E-state index contributed by atoms with van der Waals surface area (Å²) in [6.45, 7) is 9.68. The van der Waals surface area contributed by atoms with Crippen molar-refractivity contribution in [3.8, 4) is 0 Å². The molecule has 0 aromatic rings. The minimum absolute atomic E-state index is 0.106. The first-order chi connectivity index (χ1) is 47.4. The Bertz CT molecular complexity index is 1890. The van der Waals surface area contributed by atoms with Crippen molar-refractivity contribution in [1.29, 1.82) is 0 Å². The highest BCUT2D eigenvalue weighted by Crippen LogP contribution is 2.45. The number of rotatable bonds is 78. The van der Waals surface area contributed by atoms with E-state index >= 15 is 0 Å². The number of aliphatic hydroxyl groups is 1. The van der Waals surface area contributed by atoms with Gasteiger partial charge in [-0.1, -0.05) is 363 Å². The van der Waals surface area contributed by atoms with Crippen molar-refractivity contribution >= 4 is 39.5 Å². The van der Waals surface area contributed by atoms with E-state index in [9.17, 15) is 43.2 Å². The molecular formula is C79H154O17P2. The van der Waals surface area contributed by atoms with Crippen LogP contribution in [0, 0.1) is 11.8 Å². The standard InChI is InChI=1S/C79H154O17P2/c1-7-10-12-14-16-35-43-49-55-61-76(81)89-67-74(95-78(83)63-57-51-45-36-17-15-13-11-8-2)69-93-97(85,86)91-65-73(80)66-92-98(87,88)94-70-75(68-90-77(82)62-56-50-44-39-33-29-26-22-23-27-31-37-41-47-53-59-71(4)5)96-79(84)64-58-52-46-40-34-30-25-21-19-18-20-24-28-32-38-42-48-54-60-72(6)9-3/h71-75,80H,7-70H2,1-6H3,(H,85,86)(H,87,88)/t72?,73-,74+,75+/m0/s1. The third kappa shape index (κ3) is 71.1. The Morgan fingerprint density at radius 3 is 0.776 bits per heavy atom. The summed E-state index contributed by atoms with van der Waals surface area (Å²) in [5.41, 5.74) is 0. The molecule has 0 aliphatic rings.